The zero-order valence-corrected chi connectivity index (χ0v) is 11.9. The summed E-state index contributed by atoms with van der Waals surface area (Å²) in [6.07, 6.45) is -4.69. The number of carboxylic acids is 1. The first-order valence-corrected chi connectivity index (χ1v) is 6.07. The molecule has 20 heavy (non-hydrogen) atoms. The predicted octanol–water partition coefficient (Wildman–Crippen LogP) is 3.89. The van der Waals surface area contributed by atoms with Gasteiger partial charge in [-0.3, -0.25) is 0 Å². The number of carboxylic acid groups (broad SMARTS) is 1. The van der Waals surface area contributed by atoms with Gasteiger partial charge in [-0.1, -0.05) is 20.8 Å². The molecule has 3 nitrogen and oxygen atoms in total. The van der Waals surface area contributed by atoms with Crippen LogP contribution in [0.4, 0.5) is 18.9 Å². The van der Waals surface area contributed by atoms with Crippen molar-refractivity contribution in [2.75, 3.05) is 18.5 Å². The Hall–Kier alpha value is -1.72. The fourth-order valence-electron chi connectivity index (χ4n) is 1.99. The normalized spacial score (nSPS) is 12.3. The molecule has 112 valence electrons. The van der Waals surface area contributed by atoms with Gasteiger partial charge < -0.3 is 10.0 Å². The highest BCUT2D eigenvalue weighted by atomic mass is 19.4. The van der Waals surface area contributed by atoms with Crippen molar-refractivity contribution in [2.24, 2.45) is 5.41 Å². The molecule has 1 aromatic carbocycles. The molecule has 0 aromatic heterocycles. The summed E-state index contributed by atoms with van der Waals surface area (Å²) in [6.45, 7) is 6.47. The van der Waals surface area contributed by atoms with Crippen LogP contribution >= 0.6 is 0 Å². The maximum absolute atomic E-state index is 12.9. The summed E-state index contributed by atoms with van der Waals surface area (Å²) in [6, 6.07) is 3.28. The van der Waals surface area contributed by atoms with Gasteiger partial charge >= 0.3 is 12.1 Å². The lowest BCUT2D eigenvalue weighted by atomic mass is 9.95. The lowest BCUT2D eigenvalue weighted by molar-refractivity contribution is -0.138. The maximum atomic E-state index is 12.9. The van der Waals surface area contributed by atoms with Crippen LogP contribution in [-0.2, 0) is 6.18 Å². The summed E-state index contributed by atoms with van der Waals surface area (Å²) in [5, 5.41) is 8.83. The molecule has 0 unspecified atom stereocenters. The molecule has 0 saturated carbocycles. The smallest absolute Gasteiger partial charge is 0.417 e. The Morgan fingerprint density at radius 3 is 2.20 bits per heavy atom. The van der Waals surface area contributed by atoms with Crippen molar-refractivity contribution in [1.29, 1.82) is 0 Å². The molecule has 0 aliphatic carbocycles. The first kappa shape index (κ1) is 16.3. The number of aromatic carboxylic acids is 1. The molecule has 0 spiro atoms. The van der Waals surface area contributed by atoms with E-state index < -0.39 is 23.3 Å². The van der Waals surface area contributed by atoms with E-state index in [-0.39, 0.29) is 5.41 Å². The van der Waals surface area contributed by atoms with Crippen molar-refractivity contribution in [3.05, 3.63) is 29.3 Å². The van der Waals surface area contributed by atoms with E-state index in [1.54, 1.807) is 11.9 Å². The van der Waals surface area contributed by atoms with E-state index in [0.29, 0.717) is 12.2 Å². The molecule has 0 saturated heterocycles. The Bertz CT molecular complexity index is 504. The van der Waals surface area contributed by atoms with Crippen molar-refractivity contribution in [1.82, 2.24) is 0 Å². The molecule has 0 fully saturated rings. The van der Waals surface area contributed by atoms with Gasteiger partial charge in [-0.05, 0) is 23.6 Å². The number of anilines is 1. The van der Waals surface area contributed by atoms with E-state index in [0.717, 1.165) is 12.1 Å². The minimum Gasteiger partial charge on any atom is -0.478 e. The lowest BCUT2D eigenvalue weighted by Gasteiger charge is -2.29. The van der Waals surface area contributed by atoms with Crippen LogP contribution < -0.4 is 4.90 Å². The van der Waals surface area contributed by atoms with Crippen LogP contribution in [-0.4, -0.2) is 24.7 Å². The molecule has 0 aliphatic heterocycles. The number of nitrogens with zero attached hydrogens (tertiary/aromatic N) is 1. The third-order valence-electron chi connectivity index (χ3n) is 2.69. The minimum atomic E-state index is -4.69. The van der Waals surface area contributed by atoms with Gasteiger partial charge in [0.05, 0.1) is 11.1 Å². The van der Waals surface area contributed by atoms with E-state index in [4.69, 9.17) is 5.11 Å². The van der Waals surface area contributed by atoms with E-state index >= 15 is 0 Å². The molecule has 0 amide bonds. The lowest BCUT2D eigenvalue weighted by Crippen LogP contribution is -2.29. The zero-order chi connectivity index (χ0) is 15.7. The second kappa shape index (κ2) is 5.34. The highest BCUT2D eigenvalue weighted by Gasteiger charge is 2.35. The molecule has 6 heteroatoms. The van der Waals surface area contributed by atoms with E-state index in [1.165, 1.54) is 6.07 Å². The number of hydrogen-bond donors (Lipinski definition) is 1. The molecule has 0 bridgehead atoms. The average molecular weight is 289 g/mol. The van der Waals surface area contributed by atoms with Crippen molar-refractivity contribution in [2.45, 2.75) is 26.9 Å². The molecule has 1 N–H and O–H groups in total. The molecule has 0 atom stereocenters. The predicted molar refractivity (Wildman–Crippen MR) is 71.1 cm³/mol. The first-order chi connectivity index (χ1) is 8.92. The number of carbonyl (C=O) groups is 1. The van der Waals surface area contributed by atoms with Crippen molar-refractivity contribution in [3.8, 4) is 0 Å². The van der Waals surface area contributed by atoms with Crippen LogP contribution in [0.2, 0.25) is 0 Å². The monoisotopic (exact) mass is 289 g/mol. The summed E-state index contributed by atoms with van der Waals surface area (Å²) in [4.78, 5) is 12.5. The summed E-state index contributed by atoms with van der Waals surface area (Å²) in [5.74, 6) is -1.58. The Morgan fingerprint density at radius 1 is 1.25 bits per heavy atom. The standard InChI is InChI=1S/C14H18F3NO2/c1-13(2,3)8-18(4)9-5-6-10(12(19)20)11(7-9)14(15,16)17/h5-7H,8H2,1-4H3,(H,19,20). The van der Waals surface area contributed by atoms with Gasteiger partial charge in [0.15, 0.2) is 0 Å². The topological polar surface area (TPSA) is 40.5 Å². The van der Waals surface area contributed by atoms with Gasteiger partial charge in [-0.2, -0.15) is 13.2 Å². The Morgan fingerprint density at radius 2 is 1.80 bits per heavy atom. The summed E-state index contributed by atoms with van der Waals surface area (Å²) < 4.78 is 38.7. The van der Waals surface area contributed by atoms with E-state index in [1.807, 2.05) is 20.8 Å². The second-order valence-electron chi connectivity index (χ2n) is 5.95. The molecule has 0 aliphatic rings. The van der Waals surface area contributed by atoms with E-state index in [9.17, 15) is 18.0 Å². The fraction of sp³-hybridized carbons (Fsp3) is 0.500. The van der Waals surface area contributed by atoms with Gasteiger partial charge in [0.25, 0.3) is 0 Å². The van der Waals surface area contributed by atoms with Gasteiger partial charge in [0.2, 0.25) is 0 Å². The van der Waals surface area contributed by atoms with Crippen LogP contribution in [0.3, 0.4) is 0 Å². The zero-order valence-electron chi connectivity index (χ0n) is 11.9. The van der Waals surface area contributed by atoms with Crippen LogP contribution in [0, 0.1) is 5.41 Å². The average Bonchev–Trinajstić information content (AvgIpc) is 2.24. The largest absolute Gasteiger partial charge is 0.478 e. The van der Waals surface area contributed by atoms with Crippen LogP contribution in [0.1, 0.15) is 36.7 Å². The van der Waals surface area contributed by atoms with Crippen molar-refractivity contribution >= 4 is 11.7 Å². The number of halogens is 3. The number of hydrogen-bond acceptors (Lipinski definition) is 2. The van der Waals surface area contributed by atoms with Gasteiger partial charge in [-0.25, -0.2) is 4.79 Å². The minimum absolute atomic E-state index is 0.0847. The molecular formula is C14H18F3NO2. The Labute approximate surface area is 116 Å². The molecule has 1 aromatic rings. The quantitative estimate of drug-likeness (QED) is 0.917. The highest BCUT2D eigenvalue weighted by molar-refractivity contribution is 5.90. The molecular weight excluding hydrogens is 271 g/mol. The highest BCUT2D eigenvalue weighted by Crippen LogP contribution is 2.35. The van der Waals surface area contributed by atoms with Crippen LogP contribution in [0.25, 0.3) is 0 Å². The fourth-order valence-corrected chi connectivity index (χ4v) is 1.99. The number of benzene rings is 1. The molecule has 1 rings (SSSR count). The second-order valence-corrected chi connectivity index (χ2v) is 5.95. The third-order valence-corrected chi connectivity index (χ3v) is 2.69. The molecule has 0 radical (unpaired) electrons. The van der Waals surface area contributed by atoms with Gasteiger partial charge in [-0.15, -0.1) is 0 Å². The van der Waals surface area contributed by atoms with Crippen molar-refractivity contribution in [3.63, 3.8) is 0 Å². The molecule has 0 heterocycles. The number of rotatable bonds is 3. The number of alkyl halides is 3. The van der Waals surface area contributed by atoms with Crippen LogP contribution in [0.15, 0.2) is 18.2 Å². The van der Waals surface area contributed by atoms with E-state index in [2.05, 4.69) is 0 Å². The maximum Gasteiger partial charge on any atom is 0.417 e. The van der Waals surface area contributed by atoms with Gasteiger partial charge in [0.1, 0.15) is 0 Å². The van der Waals surface area contributed by atoms with Crippen LogP contribution in [0.5, 0.6) is 0 Å². The SMILES string of the molecule is CN(CC(C)(C)C)c1ccc(C(=O)O)c(C(F)(F)F)c1. The summed E-state index contributed by atoms with van der Waals surface area (Å²) in [5.41, 5.74) is -1.59. The summed E-state index contributed by atoms with van der Waals surface area (Å²) in [7, 11) is 1.68. The van der Waals surface area contributed by atoms with Crippen molar-refractivity contribution < 1.29 is 23.1 Å². The summed E-state index contributed by atoms with van der Waals surface area (Å²) >= 11 is 0. The van der Waals surface area contributed by atoms with Gasteiger partial charge in [0, 0.05) is 19.3 Å². The third kappa shape index (κ3) is 4.15. The Kier molecular flexibility index (Phi) is 4.36. The first-order valence-electron chi connectivity index (χ1n) is 6.07. The Balaban J connectivity index is 3.23.